The van der Waals surface area contributed by atoms with Crippen molar-refractivity contribution in [1.82, 2.24) is 0 Å². The van der Waals surface area contributed by atoms with Crippen LogP contribution in [0.15, 0.2) is 94.2 Å². The minimum Gasteiger partial charge on any atom is -0.248 e. The second-order valence-corrected chi connectivity index (χ2v) is 6.67. The van der Waals surface area contributed by atoms with E-state index in [0.29, 0.717) is 11.3 Å². The number of hydrogen-bond donors (Lipinski definition) is 0. The first-order chi connectivity index (χ1) is 12.6. The van der Waals surface area contributed by atoms with Crippen LogP contribution in [0.2, 0.25) is 0 Å². The van der Waals surface area contributed by atoms with Crippen molar-refractivity contribution < 1.29 is 8.78 Å². The minimum absolute atomic E-state index is 0.272. The maximum absolute atomic E-state index is 14.3. The maximum Gasteiger partial charge on any atom is 0.132 e. The summed E-state index contributed by atoms with van der Waals surface area (Å²) in [6.07, 6.45) is 1.77. The molecule has 0 aliphatic rings. The summed E-state index contributed by atoms with van der Waals surface area (Å²) in [5.41, 5.74) is 2.82. The zero-order valence-corrected chi connectivity index (χ0v) is 15.0. The number of thioether (sulfide) groups is 1. The first-order valence-electron chi connectivity index (χ1n) is 8.11. The van der Waals surface area contributed by atoms with E-state index in [1.54, 1.807) is 36.4 Å². The zero-order chi connectivity index (χ0) is 18.4. The van der Waals surface area contributed by atoms with Crippen molar-refractivity contribution in [3.8, 4) is 0 Å². The standard InChI is InChI=1S/C22H17F2NS/c1-16-5-4-6-18(15-16)25-22(20-7-2-3-8-21(20)24)13-14-26-19-11-9-17(23)10-12-19/h2-15H,1H3/b14-13+,25-22-. The van der Waals surface area contributed by atoms with Crippen molar-refractivity contribution in [3.63, 3.8) is 0 Å². The summed E-state index contributed by atoms with van der Waals surface area (Å²) >= 11 is 1.42. The smallest absolute Gasteiger partial charge is 0.132 e. The molecule has 26 heavy (non-hydrogen) atoms. The topological polar surface area (TPSA) is 12.4 Å². The molecule has 0 unspecified atom stereocenters. The van der Waals surface area contributed by atoms with Crippen LogP contribution in [0.25, 0.3) is 0 Å². The summed E-state index contributed by atoms with van der Waals surface area (Å²) < 4.78 is 27.2. The molecule has 0 bridgehead atoms. The number of aliphatic imine (C=N–C) groups is 1. The Morgan fingerprint density at radius 1 is 0.923 bits per heavy atom. The molecule has 0 radical (unpaired) electrons. The third-order valence-electron chi connectivity index (χ3n) is 3.64. The summed E-state index contributed by atoms with van der Waals surface area (Å²) in [6.45, 7) is 1.99. The SMILES string of the molecule is Cc1cccc(/N=C(/C=C/Sc2ccc(F)cc2)c2ccccc2F)c1. The zero-order valence-electron chi connectivity index (χ0n) is 14.2. The minimum atomic E-state index is -0.324. The molecule has 0 spiro atoms. The molecule has 3 aromatic rings. The van der Waals surface area contributed by atoms with Crippen LogP contribution in [-0.4, -0.2) is 5.71 Å². The average molecular weight is 365 g/mol. The van der Waals surface area contributed by atoms with Gasteiger partial charge in [0.1, 0.15) is 11.6 Å². The van der Waals surface area contributed by atoms with E-state index in [1.165, 1.54) is 30.0 Å². The summed E-state index contributed by atoms with van der Waals surface area (Å²) in [5, 5.41) is 1.83. The fourth-order valence-electron chi connectivity index (χ4n) is 2.38. The fourth-order valence-corrected chi connectivity index (χ4v) is 3.03. The Kier molecular flexibility index (Phi) is 5.97. The maximum atomic E-state index is 14.3. The van der Waals surface area contributed by atoms with Crippen LogP contribution in [0.1, 0.15) is 11.1 Å². The lowest BCUT2D eigenvalue weighted by molar-refractivity contribution is 0.625. The van der Waals surface area contributed by atoms with Crippen molar-refractivity contribution >= 4 is 23.2 Å². The highest BCUT2D eigenvalue weighted by atomic mass is 32.2. The largest absolute Gasteiger partial charge is 0.248 e. The van der Waals surface area contributed by atoms with Gasteiger partial charge in [0.15, 0.2) is 0 Å². The molecule has 0 atom stereocenters. The predicted molar refractivity (Wildman–Crippen MR) is 105 cm³/mol. The van der Waals surface area contributed by atoms with E-state index >= 15 is 0 Å². The summed E-state index contributed by atoms with van der Waals surface area (Å²) in [4.78, 5) is 5.51. The first-order valence-corrected chi connectivity index (χ1v) is 8.99. The normalized spacial score (nSPS) is 11.9. The van der Waals surface area contributed by atoms with E-state index in [4.69, 9.17) is 0 Å². The Balaban J connectivity index is 1.91. The summed E-state index contributed by atoms with van der Waals surface area (Å²) in [7, 11) is 0. The molecule has 0 aliphatic heterocycles. The molecule has 0 aliphatic carbocycles. The van der Waals surface area contributed by atoms with Gasteiger partial charge in [0.05, 0.1) is 11.4 Å². The lowest BCUT2D eigenvalue weighted by Gasteiger charge is -2.05. The highest BCUT2D eigenvalue weighted by Gasteiger charge is 2.07. The third kappa shape index (κ3) is 4.90. The van der Waals surface area contributed by atoms with Gasteiger partial charge in [-0.2, -0.15) is 0 Å². The Morgan fingerprint density at radius 2 is 1.69 bits per heavy atom. The second-order valence-electron chi connectivity index (χ2n) is 5.69. The fraction of sp³-hybridized carbons (Fsp3) is 0.0455. The van der Waals surface area contributed by atoms with Gasteiger partial charge in [-0.05, 0) is 72.5 Å². The number of hydrogen-bond acceptors (Lipinski definition) is 2. The van der Waals surface area contributed by atoms with E-state index in [9.17, 15) is 8.78 Å². The molecule has 3 rings (SSSR count). The lowest BCUT2D eigenvalue weighted by Crippen LogP contribution is -1.99. The van der Waals surface area contributed by atoms with E-state index < -0.39 is 0 Å². The Labute approximate surface area is 156 Å². The van der Waals surface area contributed by atoms with Gasteiger partial charge in [0.25, 0.3) is 0 Å². The van der Waals surface area contributed by atoms with E-state index in [-0.39, 0.29) is 11.6 Å². The van der Waals surface area contributed by atoms with Crippen molar-refractivity contribution in [2.45, 2.75) is 11.8 Å². The van der Waals surface area contributed by atoms with E-state index in [0.717, 1.165) is 16.1 Å². The molecule has 0 amide bonds. The van der Waals surface area contributed by atoms with E-state index in [1.807, 2.05) is 36.6 Å². The molecule has 130 valence electrons. The number of allylic oxidation sites excluding steroid dienone is 1. The monoisotopic (exact) mass is 365 g/mol. The van der Waals surface area contributed by atoms with Crippen LogP contribution >= 0.6 is 11.8 Å². The van der Waals surface area contributed by atoms with Gasteiger partial charge in [-0.1, -0.05) is 36.0 Å². The number of aryl methyl sites for hydroxylation is 1. The molecule has 4 heteroatoms. The average Bonchev–Trinajstić information content (AvgIpc) is 2.63. The quantitative estimate of drug-likeness (QED) is 0.362. The van der Waals surface area contributed by atoms with Gasteiger partial charge < -0.3 is 0 Å². The van der Waals surface area contributed by atoms with Crippen LogP contribution < -0.4 is 0 Å². The molecule has 0 N–H and O–H groups in total. The molecule has 0 heterocycles. The number of nitrogens with zero attached hydrogens (tertiary/aromatic N) is 1. The molecular weight excluding hydrogens is 348 g/mol. The number of rotatable bonds is 5. The Morgan fingerprint density at radius 3 is 2.42 bits per heavy atom. The second kappa shape index (κ2) is 8.59. The molecule has 1 nitrogen and oxygen atoms in total. The van der Waals surface area contributed by atoms with Crippen LogP contribution in [0.5, 0.6) is 0 Å². The predicted octanol–water partition coefficient (Wildman–Crippen LogP) is 6.70. The summed E-state index contributed by atoms with van der Waals surface area (Å²) in [5.74, 6) is -0.596. The van der Waals surface area contributed by atoms with Crippen LogP contribution in [0.3, 0.4) is 0 Å². The Hall–Kier alpha value is -2.72. The highest BCUT2D eigenvalue weighted by Crippen LogP contribution is 2.22. The molecule has 3 aromatic carbocycles. The van der Waals surface area contributed by atoms with Gasteiger partial charge in [-0.25, -0.2) is 13.8 Å². The van der Waals surface area contributed by atoms with Crippen molar-refractivity contribution in [3.05, 3.63) is 107 Å². The van der Waals surface area contributed by atoms with Crippen LogP contribution in [0.4, 0.5) is 14.5 Å². The van der Waals surface area contributed by atoms with Crippen LogP contribution in [-0.2, 0) is 0 Å². The third-order valence-corrected chi connectivity index (χ3v) is 4.46. The van der Waals surface area contributed by atoms with Crippen molar-refractivity contribution in [2.24, 2.45) is 4.99 Å². The number of halogens is 2. The number of benzene rings is 3. The van der Waals surface area contributed by atoms with Gasteiger partial charge >= 0.3 is 0 Å². The van der Waals surface area contributed by atoms with Crippen molar-refractivity contribution in [1.29, 1.82) is 0 Å². The molecule has 0 saturated heterocycles. The van der Waals surface area contributed by atoms with Gasteiger partial charge in [0, 0.05) is 10.5 Å². The van der Waals surface area contributed by atoms with Crippen molar-refractivity contribution in [2.75, 3.05) is 0 Å². The molecule has 0 aromatic heterocycles. The van der Waals surface area contributed by atoms with Gasteiger partial charge in [-0.3, -0.25) is 0 Å². The van der Waals surface area contributed by atoms with Gasteiger partial charge in [-0.15, -0.1) is 0 Å². The van der Waals surface area contributed by atoms with Crippen LogP contribution in [0, 0.1) is 18.6 Å². The molecule has 0 saturated carbocycles. The molecular formula is C22H17F2NS. The lowest BCUT2D eigenvalue weighted by atomic mass is 10.1. The summed E-state index contributed by atoms with van der Waals surface area (Å²) in [6, 6.07) is 20.5. The Bertz CT molecular complexity index is 946. The van der Waals surface area contributed by atoms with Gasteiger partial charge in [0.2, 0.25) is 0 Å². The first kappa shape index (κ1) is 18.1. The molecule has 0 fully saturated rings. The highest BCUT2D eigenvalue weighted by molar-refractivity contribution is 8.02. The van der Waals surface area contributed by atoms with E-state index in [2.05, 4.69) is 4.99 Å².